The molecule has 1 aliphatic rings. The van der Waals surface area contributed by atoms with Gasteiger partial charge in [0.25, 0.3) is 0 Å². The predicted molar refractivity (Wildman–Crippen MR) is 40.3 cm³/mol. The lowest BCUT2D eigenvalue weighted by atomic mass is 10.2. The standard InChI is InChI=1S/C5H6N2O3S/c8-4(9)2-1-3(11)7-5(10)6-2/h2H,1H2,(H,8,9)(H2,6,7,10,11)/t2-/m0/s1/i1D/t1-,2+/m1. The first-order valence-corrected chi connectivity index (χ1v) is 3.19. The third kappa shape index (κ3) is 1.87. The quantitative estimate of drug-likeness (QED) is 0.468. The molecule has 1 fully saturated rings. The summed E-state index contributed by atoms with van der Waals surface area (Å²) in [6.45, 7) is 0. The minimum atomic E-state index is -1.26. The number of carboxylic acids is 1. The average Bonchev–Trinajstić information content (AvgIpc) is 1.96. The van der Waals surface area contributed by atoms with Gasteiger partial charge in [-0.3, -0.25) is 0 Å². The van der Waals surface area contributed by atoms with Gasteiger partial charge in [0.1, 0.15) is 6.04 Å². The van der Waals surface area contributed by atoms with E-state index in [0.717, 1.165) is 0 Å². The fourth-order valence-electron chi connectivity index (χ4n) is 0.657. The van der Waals surface area contributed by atoms with Crippen LogP contribution in [-0.4, -0.2) is 28.1 Å². The molecular formula is C5H6N2O3S. The summed E-state index contributed by atoms with van der Waals surface area (Å²) in [4.78, 5) is 21.0. The molecular weight excluding hydrogens is 168 g/mol. The number of carbonyl (C=O) groups excluding carboxylic acids is 1. The van der Waals surface area contributed by atoms with Crippen molar-refractivity contribution in [2.75, 3.05) is 0 Å². The van der Waals surface area contributed by atoms with Crippen molar-refractivity contribution in [2.24, 2.45) is 0 Å². The van der Waals surface area contributed by atoms with E-state index in [2.05, 4.69) is 22.9 Å². The third-order valence-corrected chi connectivity index (χ3v) is 1.35. The van der Waals surface area contributed by atoms with E-state index in [1.165, 1.54) is 0 Å². The molecule has 0 aromatic carbocycles. The Bertz CT molecular complexity index is 257. The van der Waals surface area contributed by atoms with Crippen molar-refractivity contribution in [3.8, 4) is 0 Å². The summed E-state index contributed by atoms with van der Waals surface area (Å²) < 4.78 is 7.26. The maximum absolute atomic E-state index is 10.7. The number of carbonyl (C=O) groups is 2. The highest BCUT2D eigenvalue weighted by Crippen LogP contribution is 1.98. The van der Waals surface area contributed by atoms with Crippen molar-refractivity contribution in [3.63, 3.8) is 0 Å². The molecule has 60 valence electrons. The Morgan fingerprint density at radius 3 is 3.09 bits per heavy atom. The number of urea groups is 1. The first kappa shape index (κ1) is 6.53. The zero-order valence-corrected chi connectivity index (χ0v) is 6.14. The highest BCUT2D eigenvalue weighted by molar-refractivity contribution is 7.80. The van der Waals surface area contributed by atoms with Gasteiger partial charge in [-0.15, -0.1) is 0 Å². The Kier molecular flexibility index (Phi) is 1.68. The number of amides is 2. The second kappa shape index (κ2) is 2.83. The Morgan fingerprint density at radius 1 is 1.91 bits per heavy atom. The lowest BCUT2D eigenvalue weighted by Gasteiger charge is -2.20. The van der Waals surface area contributed by atoms with E-state index in [4.69, 9.17) is 6.48 Å². The summed E-state index contributed by atoms with van der Waals surface area (Å²) in [6.07, 6.45) is -1.12. The van der Waals surface area contributed by atoms with Crippen LogP contribution in [0.3, 0.4) is 0 Å². The van der Waals surface area contributed by atoms with E-state index < -0.39 is 24.4 Å². The first-order valence-electron chi connectivity index (χ1n) is 3.36. The minimum absolute atomic E-state index is 0.0637. The second-order valence-corrected chi connectivity index (χ2v) is 2.39. The molecule has 0 unspecified atom stereocenters. The number of rotatable bonds is 1. The average molecular weight is 175 g/mol. The van der Waals surface area contributed by atoms with Gasteiger partial charge in [-0.1, -0.05) is 12.2 Å². The molecule has 5 nitrogen and oxygen atoms in total. The molecule has 1 aliphatic heterocycles. The van der Waals surface area contributed by atoms with E-state index in [1.807, 2.05) is 0 Å². The number of thiocarbonyl (C=S) groups is 1. The molecule has 1 saturated heterocycles. The van der Waals surface area contributed by atoms with E-state index in [1.54, 1.807) is 0 Å². The molecule has 0 aromatic rings. The zero-order valence-electron chi connectivity index (χ0n) is 6.33. The molecule has 3 N–H and O–H groups in total. The van der Waals surface area contributed by atoms with Gasteiger partial charge in [0.05, 0.1) is 4.99 Å². The molecule has 6 heteroatoms. The van der Waals surface area contributed by atoms with Crippen LogP contribution in [0.25, 0.3) is 0 Å². The third-order valence-electron chi connectivity index (χ3n) is 1.11. The molecule has 2 amide bonds. The Balaban J connectivity index is 2.79. The molecule has 0 aliphatic carbocycles. The Labute approximate surface area is 69.2 Å². The van der Waals surface area contributed by atoms with Crippen LogP contribution in [0, 0.1) is 0 Å². The Hall–Kier alpha value is -1.17. The monoisotopic (exact) mass is 175 g/mol. The molecule has 0 spiro atoms. The molecule has 0 bridgehead atoms. The molecule has 11 heavy (non-hydrogen) atoms. The number of hydrogen-bond donors (Lipinski definition) is 3. The van der Waals surface area contributed by atoms with Crippen molar-refractivity contribution in [1.82, 2.24) is 10.6 Å². The van der Waals surface area contributed by atoms with E-state index >= 15 is 0 Å². The van der Waals surface area contributed by atoms with Gasteiger partial charge in [-0.2, -0.15) is 0 Å². The number of aliphatic carboxylic acids is 1. The smallest absolute Gasteiger partial charge is 0.326 e. The van der Waals surface area contributed by atoms with Gasteiger partial charge >= 0.3 is 12.0 Å². The lowest BCUT2D eigenvalue weighted by molar-refractivity contribution is -0.139. The summed E-state index contributed by atoms with van der Waals surface area (Å²) in [5.41, 5.74) is 0. The van der Waals surface area contributed by atoms with Crippen molar-refractivity contribution in [2.45, 2.75) is 12.4 Å². The van der Waals surface area contributed by atoms with Crippen LogP contribution in [0.1, 0.15) is 7.77 Å². The molecule has 1 rings (SSSR count). The minimum Gasteiger partial charge on any atom is -0.480 e. The summed E-state index contributed by atoms with van der Waals surface area (Å²) in [5, 5.41) is 12.7. The summed E-state index contributed by atoms with van der Waals surface area (Å²) in [7, 11) is 0. The van der Waals surface area contributed by atoms with Gasteiger partial charge < -0.3 is 15.7 Å². The number of hydrogen-bond acceptors (Lipinski definition) is 3. The van der Waals surface area contributed by atoms with Crippen LogP contribution in [0.15, 0.2) is 0 Å². The van der Waals surface area contributed by atoms with Crippen molar-refractivity contribution in [3.05, 3.63) is 0 Å². The molecule has 2 atom stereocenters. The Morgan fingerprint density at radius 2 is 2.55 bits per heavy atom. The fourth-order valence-corrected chi connectivity index (χ4v) is 0.886. The van der Waals surface area contributed by atoms with Gasteiger partial charge in [0.15, 0.2) is 0 Å². The maximum atomic E-state index is 10.7. The molecule has 0 radical (unpaired) electrons. The van der Waals surface area contributed by atoms with E-state index in [9.17, 15) is 9.59 Å². The van der Waals surface area contributed by atoms with Gasteiger partial charge in [0, 0.05) is 7.77 Å². The normalized spacial score (nSPS) is 31.8. The largest absolute Gasteiger partial charge is 0.480 e. The van der Waals surface area contributed by atoms with Crippen LogP contribution in [0.2, 0.25) is 0 Å². The van der Waals surface area contributed by atoms with Crippen LogP contribution in [0.4, 0.5) is 4.79 Å². The lowest BCUT2D eigenvalue weighted by Crippen LogP contribution is -2.54. The summed E-state index contributed by atoms with van der Waals surface area (Å²) >= 11 is 4.58. The van der Waals surface area contributed by atoms with E-state index in [0.29, 0.717) is 0 Å². The topological polar surface area (TPSA) is 78.4 Å². The SMILES string of the molecule is [2H][C@H]1C(=S)NC(=O)N[C@@H]1C(=O)O. The van der Waals surface area contributed by atoms with Gasteiger partial charge in [-0.25, -0.2) is 9.59 Å². The second-order valence-electron chi connectivity index (χ2n) is 1.95. The van der Waals surface area contributed by atoms with Crippen molar-refractivity contribution in [1.29, 1.82) is 0 Å². The van der Waals surface area contributed by atoms with Crippen molar-refractivity contribution >= 4 is 29.2 Å². The maximum Gasteiger partial charge on any atom is 0.326 e. The van der Waals surface area contributed by atoms with Crippen molar-refractivity contribution < 1.29 is 16.1 Å². The predicted octanol–water partition coefficient (Wildman–Crippen LogP) is -0.530. The highest BCUT2D eigenvalue weighted by Gasteiger charge is 2.26. The summed E-state index contributed by atoms with van der Waals surface area (Å²) in [6, 6.07) is -1.91. The molecule has 1 heterocycles. The fraction of sp³-hybridized carbons (Fsp3) is 0.400. The molecule has 0 saturated carbocycles. The summed E-state index contributed by atoms with van der Waals surface area (Å²) in [5.74, 6) is -1.26. The number of carboxylic acid groups (broad SMARTS) is 1. The van der Waals surface area contributed by atoms with Crippen LogP contribution >= 0.6 is 12.2 Å². The highest BCUT2D eigenvalue weighted by atomic mass is 32.1. The zero-order chi connectivity index (χ0) is 9.30. The first-order chi connectivity index (χ1) is 5.52. The van der Waals surface area contributed by atoms with Gasteiger partial charge in [0.2, 0.25) is 0 Å². The van der Waals surface area contributed by atoms with Crippen LogP contribution < -0.4 is 10.6 Å². The van der Waals surface area contributed by atoms with Crippen LogP contribution in [-0.2, 0) is 4.79 Å². The molecule has 0 aromatic heterocycles. The van der Waals surface area contributed by atoms with E-state index in [-0.39, 0.29) is 4.99 Å². The number of nitrogens with one attached hydrogen (secondary N) is 2. The van der Waals surface area contributed by atoms with Gasteiger partial charge in [-0.05, 0) is 0 Å². The van der Waals surface area contributed by atoms with Crippen LogP contribution in [0.5, 0.6) is 0 Å².